The zero-order valence-corrected chi connectivity index (χ0v) is 21.3. The smallest absolute Gasteiger partial charge is 0.171 e. The van der Waals surface area contributed by atoms with Crippen LogP contribution in [0.15, 0.2) is 140 Å². The van der Waals surface area contributed by atoms with Gasteiger partial charge in [0.05, 0.1) is 0 Å². The minimum Gasteiger partial charge on any atom is -0.450 e. The first-order valence-corrected chi connectivity index (χ1v) is 14.2. The Hall–Kier alpha value is -4.59. The lowest BCUT2D eigenvalue weighted by Gasteiger charge is -2.21. The summed E-state index contributed by atoms with van der Waals surface area (Å²) >= 11 is 0. The Morgan fingerprint density at radius 2 is 0.895 bits per heavy atom. The second kappa shape index (κ2) is 9.06. The van der Waals surface area contributed by atoms with Crippen molar-refractivity contribution < 1.29 is 14.0 Å². The predicted octanol–water partition coefficient (Wildman–Crippen LogP) is 8.04. The third-order valence-electron chi connectivity index (χ3n) is 6.99. The molecule has 0 N–H and O–H groups in total. The Morgan fingerprint density at radius 3 is 1.58 bits per heavy atom. The average Bonchev–Trinajstić information content (AvgIpc) is 2.99. The molecule has 0 amide bonds. The topological polar surface area (TPSA) is 35.5 Å². The molecule has 0 saturated heterocycles. The van der Waals surface area contributed by atoms with Gasteiger partial charge in [0.25, 0.3) is 0 Å². The standard InChI is InChI=1S/C34H23O3P/c35-38(28-9-3-1-4-10-28,29-11-5-2-6-12-29)30-19-17-25-21-24(15-16-26(25)22-30)27-18-20-33-34(23-27)37-32-14-8-7-13-31(32)36-33/h1-23H. The van der Waals surface area contributed by atoms with Gasteiger partial charge in [-0.3, -0.25) is 0 Å². The molecule has 7 rings (SSSR count). The molecule has 38 heavy (non-hydrogen) atoms. The average molecular weight is 511 g/mol. The van der Waals surface area contributed by atoms with Gasteiger partial charge in [-0.25, -0.2) is 0 Å². The molecule has 0 aliphatic carbocycles. The van der Waals surface area contributed by atoms with Crippen molar-refractivity contribution in [3.63, 3.8) is 0 Å². The molecule has 0 unspecified atom stereocenters. The van der Waals surface area contributed by atoms with Crippen LogP contribution in [0.5, 0.6) is 23.0 Å². The van der Waals surface area contributed by atoms with Crippen LogP contribution in [0.2, 0.25) is 0 Å². The van der Waals surface area contributed by atoms with E-state index >= 15 is 0 Å². The Labute approximate surface area is 221 Å². The maximum absolute atomic E-state index is 14.7. The molecule has 0 bridgehead atoms. The van der Waals surface area contributed by atoms with Crippen molar-refractivity contribution in [1.82, 2.24) is 0 Å². The summed E-state index contributed by atoms with van der Waals surface area (Å²) in [5.41, 5.74) is 2.11. The fourth-order valence-electron chi connectivity index (χ4n) is 5.04. The first-order chi connectivity index (χ1) is 18.7. The van der Waals surface area contributed by atoms with Gasteiger partial charge in [-0.15, -0.1) is 0 Å². The van der Waals surface area contributed by atoms with Gasteiger partial charge in [0.1, 0.15) is 0 Å². The van der Waals surface area contributed by atoms with Gasteiger partial charge < -0.3 is 14.0 Å². The molecule has 6 aromatic rings. The maximum atomic E-state index is 14.7. The van der Waals surface area contributed by atoms with Crippen molar-refractivity contribution in [3.8, 4) is 34.1 Å². The molecule has 3 nitrogen and oxygen atoms in total. The van der Waals surface area contributed by atoms with E-state index in [1.54, 1.807) is 0 Å². The quantitative estimate of drug-likeness (QED) is 0.225. The fraction of sp³-hybridized carbons (Fsp3) is 0. The number of fused-ring (bicyclic) bond motifs is 3. The highest BCUT2D eigenvalue weighted by molar-refractivity contribution is 7.85. The SMILES string of the molecule is O=P(c1ccccc1)(c1ccccc1)c1ccc2cc(-c3ccc4c(c3)Oc3ccccc3O4)ccc2c1. The number of para-hydroxylation sites is 2. The number of rotatable bonds is 4. The molecule has 0 spiro atoms. The lowest BCUT2D eigenvalue weighted by atomic mass is 10.0. The minimum absolute atomic E-state index is 0.698. The number of ether oxygens (including phenoxy) is 2. The second-order valence-corrected chi connectivity index (χ2v) is 12.1. The highest BCUT2D eigenvalue weighted by Crippen LogP contribution is 2.47. The van der Waals surface area contributed by atoms with Crippen LogP contribution in [0.1, 0.15) is 0 Å². The second-order valence-electron chi connectivity index (χ2n) is 9.34. The molecule has 1 aliphatic heterocycles. The van der Waals surface area contributed by atoms with Crippen LogP contribution >= 0.6 is 7.14 Å². The molecule has 1 aliphatic rings. The predicted molar refractivity (Wildman–Crippen MR) is 155 cm³/mol. The Kier molecular flexibility index (Phi) is 5.39. The Balaban J connectivity index is 1.28. The van der Waals surface area contributed by atoms with Crippen molar-refractivity contribution in [2.24, 2.45) is 0 Å². The fourth-order valence-corrected chi connectivity index (χ4v) is 7.72. The van der Waals surface area contributed by atoms with Gasteiger partial charge in [-0.2, -0.15) is 0 Å². The number of benzene rings is 6. The van der Waals surface area contributed by atoms with Crippen molar-refractivity contribution >= 4 is 33.8 Å². The lowest BCUT2D eigenvalue weighted by molar-refractivity contribution is 0.360. The van der Waals surface area contributed by atoms with Crippen molar-refractivity contribution in [1.29, 1.82) is 0 Å². The number of hydrogen-bond donors (Lipinski definition) is 0. The van der Waals surface area contributed by atoms with E-state index in [2.05, 4.69) is 30.3 Å². The van der Waals surface area contributed by atoms with E-state index in [1.807, 2.05) is 109 Å². The molecule has 0 fully saturated rings. The van der Waals surface area contributed by atoms with Crippen molar-refractivity contribution in [2.75, 3.05) is 0 Å². The third-order valence-corrected chi connectivity index (χ3v) is 10.0. The molecule has 4 heteroatoms. The van der Waals surface area contributed by atoms with Gasteiger partial charge in [-0.05, 0) is 58.3 Å². The summed E-state index contributed by atoms with van der Waals surface area (Å²) in [6.45, 7) is 0. The van der Waals surface area contributed by atoms with Crippen molar-refractivity contribution in [3.05, 3.63) is 140 Å². The van der Waals surface area contributed by atoms with E-state index in [0.29, 0.717) is 17.2 Å². The van der Waals surface area contributed by atoms with Crippen LogP contribution in [-0.4, -0.2) is 0 Å². The van der Waals surface area contributed by atoms with Crippen molar-refractivity contribution in [2.45, 2.75) is 0 Å². The van der Waals surface area contributed by atoms with Gasteiger partial charge in [-0.1, -0.05) is 103 Å². The monoisotopic (exact) mass is 510 g/mol. The van der Waals surface area contributed by atoms with Crippen LogP contribution in [0, 0.1) is 0 Å². The summed E-state index contributed by atoms with van der Waals surface area (Å²) in [6, 6.07) is 45.7. The van der Waals surface area contributed by atoms with E-state index < -0.39 is 7.14 Å². The summed E-state index contributed by atoms with van der Waals surface area (Å²) in [7, 11) is -3.02. The van der Waals surface area contributed by atoms with Gasteiger partial charge in [0.2, 0.25) is 0 Å². The zero-order chi connectivity index (χ0) is 25.5. The van der Waals surface area contributed by atoms with Gasteiger partial charge >= 0.3 is 0 Å². The normalized spacial score (nSPS) is 12.2. The summed E-state index contributed by atoms with van der Waals surface area (Å²) in [4.78, 5) is 0. The van der Waals surface area contributed by atoms with E-state index in [9.17, 15) is 4.57 Å². The van der Waals surface area contributed by atoms with Gasteiger partial charge in [0, 0.05) is 15.9 Å². The van der Waals surface area contributed by atoms with Crippen LogP contribution in [0.3, 0.4) is 0 Å². The maximum Gasteiger partial charge on any atom is 0.171 e. The van der Waals surface area contributed by atoms with Crippen LogP contribution in [0.4, 0.5) is 0 Å². The summed E-state index contributed by atoms with van der Waals surface area (Å²) in [5, 5.41) is 4.62. The molecular formula is C34H23O3P. The molecule has 1 heterocycles. The van der Waals surface area contributed by atoms with E-state index in [-0.39, 0.29) is 0 Å². The van der Waals surface area contributed by atoms with E-state index in [0.717, 1.165) is 43.6 Å². The lowest BCUT2D eigenvalue weighted by Crippen LogP contribution is -2.24. The molecule has 0 aromatic heterocycles. The molecule has 0 radical (unpaired) electrons. The first kappa shape index (κ1) is 22.6. The van der Waals surface area contributed by atoms with E-state index in [4.69, 9.17) is 9.47 Å². The summed E-state index contributed by atoms with van der Waals surface area (Å²) in [5.74, 6) is 2.83. The molecule has 0 saturated carbocycles. The minimum atomic E-state index is -3.02. The van der Waals surface area contributed by atoms with Crippen LogP contribution in [-0.2, 0) is 4.57 Å². The van der Waals surface area contributed by atoms with E-state index in [1.165, 1.54) is 0 Å². The Morgan fingerprint density at radius 1 is 0.395 bits per heavy atom. The molecule has 6 aromatic carbocycles. The largest absolute Gasteiger partial charge is 0.450 e. The highest BCUT2D eigenvalue weighted by Gasteiger charge is 2.29. The Bertz CT molecular complexity index is 1800. The molecule has 0 atom stereocenters. The third kappa shape index (κ3) is 3.80. The highest BCUT2D eigenvalue weighted by atomic mass is 31.2. The zero-order valence-electron chi connectivity index (χ0n) is 20.5. The molecular weight excluding hydrogens is 487 g/mol. The van der Waals surface area contributed by atoms with Crippen LogP contribution in [0.25, 0.3) is 21.9 Å². The molecule has 182 valence electrons. The van der Waals surface area contributed by atoms with Gasteiger partial charge in [0.15, 0.2) is 30.1 Å². The first-order valence-electron chi connectivity index (χ1n) is 12.5. The summed E-state index contributed by atoms with van der Waals surface area (Å²) in [6.07, 6.45) is 0. The van der Waals surface area contributed by atoms with Crippen LogP contribution < -0.4 is 25.4 Å². The number of hydrogen-bond acceptors (Lipinski definition) is 3. The summed E-state index contributed by atoms with van der Waals surface area (Å²) < 4.78 is 26.9.